The zero-order valence-electron chi connectivity index (χ0n) is 8.12. The molecule has 8 heteroatoms. The molecule has 90 valence electrons. The van der Waals surface area contributed by atoms with Gasteiger partial charge in [0.25, 0.3) is 12.3 Å². The van der Waals surface area contributed by atoms with E-state index >= 15 is 0 Å². The predicted octanol–water partition coefficient (Wildman–Crippen LogP) is 1.92. The number of aryl methyl sites for hydroxylation is 1. The topological polar surface area (TPSA) is 55.1 Å². The van der Waals surface area contributed by atoms with E-state index in [2.05, 4.69) is 5.10 Å². The summed E-state index contributed by atoms with van der Waals surface area (Å²) in [6, 6.07) is 0. The van der Waals surface area contributed by atoms with Gasteiger partial charge in [-0.25, -0.2) is 17.6 Å². The van der Waals surface area contributed by atoms with E-state index < -0.39 is 36.0 Å². The van der Waals surface area contributed by atoms with E-state index in [4.69, 9.17) is 5.11 Å². The summed E-state index contributed by atoms with van der Waals surface area (Å²) in [7, 11) is 1.20. The normalized spacial score (nSPS) is 12.1. The summed E-state index contributed by atoms with van der Waals surface area (Å²) in [6.07, 6.45) is -4.01. The van der Waals surface area contributed by atoms with Crippen LogP contribution in [0.1, 0.15) is 24.1 Å². The van der Waals surface area contributed by atoms with E-state index in [-0.39, 0.29) is 0 Å². The van der Waals surface area contributed by atoms with Crippen molar-refractivity contribution in [3.8, 4) is 0 Å². The molecule has 0 saturated heterocycles. The maximum atomic E-state index is 13.3. The molecule has 0 saturated carbocycles. The van der Waals surface area contributed by atoms with Crippen molar-refractivity contribution in [2.45, 2.75) is 18.8 Å². The van der Waals surface area contributed by atoms with E-state index in [1.54, 1.807) is 0 Å². The van der Waals surface area contributed by atoms with Crippen LogP contribution in [0.3, 0.4) is 0 Å². The van der Waals surface area contributed by atoms with Gasteiger partial charge in [0.1, 0.15) is 12.1 Å². The SMILES string of the molecule is Cn1cc(C(F)(F)CC(=O)O)c(C(F)F)n1. The van der Waals surface area contributed by atoms with Crippen LogP contribution in [0.25, 0.3) is 0 Å². The summed E-state index contributed by atoms with van der Waals surface area (Å²) in [5.41, 5.74) is -2.14. The van der Waals surface area contributed by atoms with Gasteiger partial charge >= 0.3 is 5.97 Å². The first-order valence-corrected chi connectivity index (χ1v) is 4.16. The van der Waals surface area contributed by atoms with Gasteiger partial charge in [-0.15, -0.1) is 0 Å². The summed E-state index contributed by atoms with van der Waals surface area (Å²) in [4.78, 5) is 10.2. The van der Waals surface area contributed by atoms with Gasteiger partial charge in [0, 0.05) is 13.2 Å². The van der Waals surface area contributed by atoms with Crippen molar-refractivity contribution in [1.29, 1.82) is 0 Å². The van der Waals surface area contributed by atoms with E-state index in [1.807, 2.05) is 0 Å². The van der Waals surface area contributed by atoms with Crippen LogP contribution in [-0.4, -0.2) is 20.9 Å². The first kappa shape index (κ1) is 12.5. The second-order valence-electron chi connectivity index (χ2n) is 3.18. The van der Waals surface area contributed by atoms with Crippen molar-refractivity contribution in [2.75, 3.05) is 0 Å². The second-order valence-corrected chi connectivity index (χ2v) is 3.18. The molecule has 0 aliphatic heterocycles. The van der Waals surface area contributed by atoms with E-state index in [0.717, 1.165) is 4.68 Å². The van der Waals surface area contributed by atoms with Crippen LogP contribution in [0.2, 0.25) is 0 Å². The van der Waals surface area contributed by atoms with Crippen molar-refractivity contribution in [3.63, 3.8) is 0 Å². The van der Waals surface area contributed by atoms with Gasteiger partial charge in [-0.05, 0) is 0 Å². The largest absolute Gasteiger partial charge is 0.481 e. The highest BCUT2D eigenvalue weighted by Gasteiger charge is 2.40. The fourth-order valence-corrected chi connectivity index (χ4v) is 1.23. The fourth-order valence-electron chi connectivity index (χ4n) is 1.23. The first-order valence-electron chi connectivity index (χ1n) is 4.16. The Kier molecular flexibility index (Phi) is 3.20. The van der Waals surface area contributed by atoms with Crippen LogP contribution in [0.4, 0.5) is 17.6 Å². The number of aromatic nitrogens is 2. The van der Waals surface area contributed by atoms with Crippen molar-refractivity contribution in [3.05, 3.63) is 17.5 Å². The third-order valence-corrected chi connectivity index (χ3v) is 1.83. The molecular formula is C8H8F4N2O2. The summed E-state index contributed by atoms with van der Waals surface area (Å²) >= 11 is 0. The fraction of sp³-hybridized carbons (Fsp3) is 0.500. The number of nitrogens with zero attached hydrogens (tertiary/aromatic N) is 2. The monoisotopic (exact) mass is 240 g/mol. The zero-order valence-corrected chi connectivity index (χ0v) is 8.12. The van der Waals surface area contributed by atoms with Crippen LogP contribution in [0.15, 0.2) is 6.20 Å². The Bertz CT molecular complexity index is 403. The standard InChI is InChI=1S/C8H8F4N2O2/c1-14-3-4(6(13-14)7(9)10)8(11,12)2-5(15)16/h3,7H,2H2,1H3,(H,15,16). The lowest BCUT2D eigenvalue weighted by atomic mass is 10.1. The van der Waals surface area contributed by atoms with Crippen molar-refractivity contribution < 1.29 is 27.5 Å². The minimum Gasteiger partial charge on any atom is -0.481 e. The molecule has 0 fully saturated rings. The minimum atomic E-state index is -3.86. The van der Waals surface area contributed by atoms with Gasteiger partial charge in [-0.1, -0.05) is 0 Å². The molecule has 0 bridgehead atoms. The summed E-state index contributed by atoms with van der Waals surface area (Å²) in [5.74, 6) is -5.62. The number of carbonyl (C=O) groups is 1. The molecule has 1 N–H and O–H groups in total. The van der Waals surface area contributed by atoms with Gasteiger partial charge in [-0.2, -0.15) is 5.10 Å². The average Bonchev–Trinajstić information content (AvgIpc) is 2.45. The highest BCUT2D eigenvalue weighted by molar-refractivity contribution is 5.68. The van der Waals surface area contributed by atoms with Gasteiger partial charge in [-0.3, -0.25) is 9.48 Å². The lowest BCUT2D eigenvalue weighted by Gasteiger charge is -2.13. The summed E-state index contributed by atoms with van der Waals surface area (Å²) in [6.45, 7) is 0. The lowest BCUT2D eigenvalue weighted by Crippen LogP contribution is -2.19. The van der Waals surface area contributed by atoms with Crippen molar-refractivity contribution in [1.82, 2.24) is 9.78 Å². The number of alkyl halides is 4. The molecule has 1 aromatic heterocycles. The van der Waals surface area contributed by atoms with Gasteiger partial charge in [0.05, 0.1) is 5.56 Å². The number of hydrogen-bond donors (Lipinski definition) is 1. The number of carboxylic acids is 1. The lowest BCUT2D eigenvalue weighted by molar-refractivity contribution is -0.145. The van der Waals surface area contributed by atoms with Crippen LogP contribution in [-0.2, 0) is 17.8 Å². The van der Waals surface area contributed by atoms with Crippen molar-refractivity contribution in [2.24, 2.45) is 7.05 Å². The van der Waals surface area contributed by atoms with Crippen LogP contribution in [0.5, 0.6) is 0 Å². The average molecular weight is 240 g/mol. The second kappa shape index (κ2) is 4.11. The van der Waals surface area contributed by atoms with E-state index in [0.29, 0.717) is 6.20 Å². The molecule has 1 rings (SSSR count). The van der Waals surface area contributed by atoms with Gasteiger partial charge < -0.3 is 5.11 Å². The Morgan fingerprint density at radius 3 is 2.62 bits per heavy atom. The smallest absolute Gasteiger partial charge is 0.309 e. The van der Waals surface area contributed by atoms with Crippen LogP contribution >= 0.6 is 0 Å². The van der Waals surface area contributed by atoms with Crippen molar-refractivity contribution >= 4 is 5.97 Å². The molecule has 1 heterocycles. The number of halogens is 4. The molecule has 0 unspecified atom stereocenters. The number of aliphatic carboxylic acids is 1. The molecule has 0 radical (unpaired) electrons. The minimum absolute atomic E-state index is 0.699. The highest BCUT2D eigenvalue weighted by atomic mass is 19.3. The van der Waals surface area contributed by atoms with E-state index in [9.17, 15) is 22.4 Å². The first-order chi connectivity index (χ1) is 7.24. The molecule has 0 aliphatic carbocycles. The van der Waals surface area contributed by atoms with E-state index in [1.165, 1.54) is 7.05 Å². The molecular weight excluding hydrogens is 232 g/mol. The summed E-state index contributed by atoms with van der Waals surface area (Å²) in [5, 5.41) is 11.4. The Hall–Kier alpha value is -1.60. The third kappa shape index (κ3) is 2.50. The Morgan fingerprint density at radius 2 is 2.19 bits per heavy atom. The van der Waals surface area contributed by atoms with Gasteiger partial charge in [0.2, 0.25) is 0 Å². The quantitative estimate of drug-likeness (QED) is 0.818. The molecule has 16 heavy (non-hydrogen) atoms. The number of hydrogen-bond acceptors (Lipinski definition) is 2. The zero-order chi connectivity index (χ0) is 12.5. The summed E-state index contributed by atoms with van der Waals surface area (Å²) < 4.78 is 52.0. The molecule has 1 aromatic rings. The van der Waals surface area contributed by atoms with Crippen LogP contribution in [0, 0.1) is 0 Å². The van der Waals surface area contributed by atoms with Gasteiger partial charge in [0.15, 0.2) is 0 Å². The third-order valence-electron chi connectivity index (χ3n) is 1.83. The molecule has 4 nitrogen and oxygen atoms in total. The molecule has 0 atom stereocenters. The number of rotatable bonds is 4. The maximum Gasteiger partial charge on any atom is 0.309 e. The maximum absolute atomic E-state index is 13.3. The molecule has 0 spiro atoms. The number of carboxylic acid groups (broad SMARTS) is 1. The molecule has 0 aliphatic rings. The Balaban J connectivity index is 3.15. The molecule has 0 aromatic carbocycles. The Morgan fingerprint density at radius 1 is 1.62 bits per heavy atom. The molecule has 0 amide bonds. The highest BCUT2D eigenvalue weighted by Crippen LogP contribution is 2.36. The predicted molar refractivity (Wildman–Crippen MR) is 44.3 cm³/mol. The van der Waals surface area contributed by atoms with Crippen LogP contribution < -0.4 is 0 Å². The Labute approximate surface area is 87.5 Å².